The fourth-order valence-corrected chi connectivity index (χ4v) is 18.2. The zero-order valence-corrected chi connectivity index (χ0v) is 64.1. The lowest BCUT2D eigenvalue weighted by molar-refractivity contribution is -0.182. The van der Waals surface area contributed by atoms with E-state index in [4.69, 9.17) is 11.6 Å². The molecular weight excluding hydrogens is 1350 g/mol. The predicted molar refractivity (Wildman–Crippen MR) is 382 cm³/mol. The molecule has 8 fully saturated rings. The van der Waals surface area contributed by atoms with Crippen LogP contribution in [0.25, 0.3) is 0 Å². The van der Waals surface area contributed by atoms with Gasteiger partial charge in [-0.25, -0.2) is 0 Å². The highest BCUT2D eigenvalue weighted by Crippen LogP contribution is 2.44. The zero-order valence-electron chi connectivity index (χ0n) is 63.4. The maximum atomic E-state index is 15.8. The van der Waals surface area contributed by atoms with Crippen molar-refractivity contribution in [1.29, 1.82) is 0 Å². The lowest BCUT2D eigenvalue weighted by Gasteiger charge is -2.45. The summed E-state index contributed by atoms with van der Waals surface area (Å²) in [6.45, 7) is 11.5. The van der Waals surface area contributed by atoms with Crippen LogP contribution in [-0.2, 0) is 57.5 Å². The SMILES string of the molecule is CC[C@H](C)[C@@H]1NC(=O)[C@H](CC(C)C)N(C)C(=O)C[C@@H](C(=O)N2CCCC2)N(C)C(=O)[C@H](C2CCCCC2)N(C)C(=O)C2(CCCC2)NC(=O)[C@@H]2CCCN2C(=O)[C@H](CCC2CCC(C(F)(F)F)C(Cl)C2)NC(=O)CN(C)C(=O)[C@H](CC2CCC(C)CC2)N(C)C(=O)[C@@H]2CCN2C(=O)[C@H](C)N(C)C1=O. The molecule has 0 aromatic heterocycles. The van der Waals surface area contributed by atoms with E-state index in [1.54, 1.807) is 11.8 Å². The minimum absolute atomic E-state index is 0.00387. The second-order valence-corrected chi connectivity index (χ2v) is 33.0. The molecule has 4 aliphatic heterocycles. The Morgan fingerprint density at radius 3 is 1.82 bits per heavy atom. The van der Waals surface area contributed by atoms with Crippen LogP contribution in [0.2, 0.25) is 0 Å². The van der Waals surface area contributed by atoms with Gasteiger partial charge in [0, 0.05) is 73.8 Å². The maximum Gasteiger partial charge on any atom is 0.393 e. The highest BCUT2D eigenvalue weighted by molar-refractivity contribution is 6.21. The molecule has 8 aliphatic rings. The van der Waals surface area contributed by atoms with Crippen LogP contribution in [0.4, 0.5) is 13.2 Å². The van der Waals surface area contributed by atoms with Crippen molar-refractivity contribution in [1.82, 2.24) is 60.0 Å². The van der Waals surface area contributed by atoms with E-state index >= 15 is 38.4 Å². The molecule has 12 amide bonds. The van der Waals surface area contributed by atoms with Gasteiger partial charge in [-0.05, 0) is 145 Å². The van der Waals surface area contributed by atoms with E-state index in [0.29, 0.717) is 70.4 Å². The molecule has 4 saturated carbocycles. The number of alkyl halides is 4. The van der Waals surface area contributed by atoms with E-state index in [1.165, 1.54) is 88.4 Å². The molecule has 0 bridgehead atoms. The second kappa shape index (κ2) is 35.9. The van der Waals surface area contributed by atoms with Crippen molar-refractivity contribution >= 4 is 82.5 Å². The van der Waals surface area contributed by atoms with Crippen LogP contribution in [0.3, 0.4) is 0 Å². The highest BCUT2D eigenvalue weighted by Gasteiger charge is 2.53. The Labute approximate surface area is 613 Å². The van der Waals surface area contributed by atoms with Crippen LogP contribution in [0.1, 0.15) is 215 Å². The monoisotopic (exact) mass is 1470 g/mol. The second-order valence-electron chi connectivity index (χ2n) is 32.5. The molecule has 8 rings (SSSR count). The number of carbonyl (C=O) groups is 12. The van der Waals surface area contributed by atoms with Crippen molar-refractivity contribution in [2.45, 2.75) is 286 Å². The van der Waals surface area contributed by atoms with Crippen molar-refractivity contribution in [3.63, 3.8) is 0 Å². The van der Waals surface area contributed by atoms with Gasteiger partial charge >= 0.3 is 6.18 Å². The first-order valence-corrected chi connectivity index (χ1v) is 39.1. The molecule has 4 aliphatic carbocycles. The summed E-state index contributed by atoms with van der Waals surface area (Å²) in [5, 5.41) is 7.72. The number of nitrogens with zero attached hydrogens (tertiary/aromatic N) is 9. The molecule has 24 nitrogen and oxygen atoms in total. The van der Waals surface area contributed by atoms with Gasteiger partial charge < -0.3 is 60.0 Å². The molecule has 0 aromatic rings. The Hall–Kier alpha value is -6.28. The number of carbonyl (C=O) groups excluding carboxylic acids is 12. The summed E-state index contributed by atoms with van der Waals surface area (Å²) in [6, 6.07) is -10.7. The van der Waals surface area contributed by atoms with Crippen molar-refractivity contribution in [2.24, 2.45) is 41.4 Å². The van der Waals surface area contributed by atoms with E-state index in [9.17, 15) is 32.3 Å². The van der Waals surface area contributed by atoms with Crippen LogP contribution >= 0.6 is 11.6 Å². The molecule has 28 heteroatoms. The predicted octanol–water partition coefficient (Wildman–Crippen LogP) is 6.87. The summed E-state index contributed by atoms with van der Waals surface area (Å²) >= 11 is 6.43. The van der Waals surface area contributed by atoms with Crippen molar-refractivity contribution < 1.29 is 70.7 Å². The number of hydrogen-bond acceptors (Lipinski definition) is 12. The first-order valence-electron chi connectivity index (χ1n) is 38.7. The number of amides is 12. The Bertz CT molecular complexity index is 3050. The molecule has 4 saturated heterocycles. The normalized spacial score (nSPS) is 32.6. The molecule has 103 heavy (non-hydrogen) atoms. The van der Waals surface area contributed by atoms with E-state index in [0.717, 1.165) is 44.9 Å². The molecule has 0 aromatic carbocycles. The van der Waals surface area contributed by atoms with Crippen LogP contribution in [-0.4, -0.2) is 261 Å². The average Bonchev–Trinajstić information content (AvgIpc) is 1.31. The van der Waals surface area contributed by atoms with Crippen molar-refractivity contribution in [3.8, 4) is 0 Å². The summed E-state index contributed by atoms with van der Waals surface area (Å²) in [4.78, 5) is 194. The van der Waals surface area contributed by atoms with Crippen LogP contribution in [0.5, 0.6) is 0 Å². The largest absolute Gasteiger partial charge is 0.393 e. The van der Waals surface area contributed by atoms with Gasteiger partial charge in [0.25, 0.3) is 0 Å². The van der Waals surface area contributed by atoms with Gasteiger partial charge in [-0.15, -0.1) is 11.6 Å². The number of hydrogen-bond donors (Lipinski definition) is 3. The Kier molecular flexibility index (Phi) is 28.7. The number of fused-ring (bicyclic) bond motifs is 2. The lowest BCUT2D eigenvalue weighted by atomic mass is 9.78. The summed E-state index contributed by atoms with van der Waals surface area (Å²) in [5.41, 5.74) is -1.55. The Morgan fingerprint density at radius 2 is 1.22 bits per heavy atom. The smallest absolute Gasteiger partial charge is 0.343 e. The Morgan fingerprint density at radius 1 is 0.592 bits per heavy atom. The third-order valence-corrected chi connectivity index (χ3v) is 25.4. The molecule has 13 atom stereocenters. The maximum absolute atomic E-state index is 15.8. The molecule has 3 unspecified atom stereocenters. The zero-order chi connectivity index (χ0) is 75.7. The van der Waals surface area contributed by atoms with E-state index in [2.05, 4.69) is 22.9 Å². The first kappa shape index (κ1) is 82.4. The summed E-state index contributed by atoms with van der Waals surface area (Å²) in [6.07, 6.45) is 6.34. The fourth-order valence-electron chi connectivity index (χ4n) is 17.7. The topological polar surface area (TPSA) is 270 Å². The third kappa shape index (κ3) is 19.5. The van der Waals surface area contributed by atoms with Crippen LogP contribution in [0, 0.1) is 41.4 Å². The number of likely N-dealkylation sites (N-methyl/N-ethyl adjacent to an activating group) is 6. The van der Waals surface area contributed by atoms with Gasteiger partial charge in [0.2, 0.25) is 70.9 Å². The number of halogens is 4. The average molecular weight is 1470 g/mol. The third-order valence-electron chi connectivity index (χ3n) is 24.9. The van der Waals surface area contributed by atoms with E-state index < -0.39 is 173 Å². The first-order chi connectivity index (χ1) is 48.6. The molecular formula is C75H120ClF3N12O12. The Balaban J connectivity index is 1.17. The molecule has 1 spiro atoms. The number of nitrogens with one attached hydrogen (secondary N) is 3. The summed E-state index contributed by atoms with van der Waals surface area (Å²) in [7, 11) is 8.84. The van der Waals surface area contributed by atoms with Crippen molar-refractivity contribution in [3.05, 3.63) is 0 Å². The van der Waals surface area contributed by atoms with Gasteiger partial charge in [0.05, 0.1) is 18.9 Å². The van der Waals surface area contributed by atoms with Gasteiger partial charge in [0.15, 0.2) is 0 Å². The van der Waals surface area contributed by atoms with E-state index in [1.807, 2.05) is 20.8 Å². The van der Waals surface area contributed by atoms with Gasteiger partial charge in [-0.1, -0.05) is 98.8 Å². The molecule has 3 N–H and O–H groups in total. The van der Waals surface area contributed by atoms with Gasteiger partial charge in [-0.3, -0.25) is 57.5 Å². The minimum atomic E-state index is -4.51. The van der Waals surface area contributed by atoms with Crippen molar-refractivity contribution in [2.75, 3.05) is 75.0 Å². The summed E-state index contributed by atoms with van der Waals surface area (Å²) in [5.74, 6) is -9.81. The van der Waals surface area contributed by atoms with Gasteiger partial charge in [0.1, 0.15) is 59.9 Å². The summed E-state index contributed by atoms with van der Waals surface area (Å²) < 4.78 is 42.2. The standard InChI is InChI=1S/C75H120ClF3N12O12/c1-13-47(5)62-71(101)84(8)48(6)66(96)91-39-33-56(91)69(99)86(10)58(42-50-27-25-46(4)26-28-50)68(98)83(7)44-60(92)80-54(32-30-49-29-31-52(53(76)41-49)75(77,78)79)67(97)90-38-21-24-55(90)65(95)82-74(34-17-18-35-74)73(103)88(12)63(51-22-15-14-16-23-51)72(102)87(11)59(70(100)89-36-19-20-37-89)43-61(93)85(9)57(40-45(2)3)64(94)81-62/h45-59,62-63H,13-44H2,1-12H3,(H,80,92)(H,81,94)(H,82,95)/t46?,47-,48-,49?,50?,52?,53?,54-,55-,56-,57-,58-,59-,62-,63-/m0/s1. The molecule has 4 heterocycles. The number of likely N-dealkylation sites (tertiary alicyclic amines) is 1. The molecule has 0 radical (unpaired) electrons. The van der Waals surface area contributed by atoms with Crippen LogP contribution in [0.15, 0.2) is 0 Å². The van der Waals surface area contributed by atoms with Crippen LogP contribution < -0.4 is 16.0 Å². The fraction of sp³-hybridized carbons (Fsp3) is 0.840. The highest BCUT2D eigenvalue weighted by atomic mass is 35.5. The minimum Gasteiger partial charge on any atom is -0.343 e. The van der Waals surface area contributed by atoms with Gasteiger partial charge in [-0.2, -0.15) is 13.2 Å². The lowest BCUT2D eigenvalue weighted by Crippen LogP contribution is -2.65. The molecule has 580 valence electrons. The quantitative estimate of drug-likeness (QED) is 0.179. The number of rotatable bonds is 11. The van der Waals surface area contributed by atoms with E-state index in [-0.39, 0.29) is 101 Å².